The lowest BCUT2D eigenvalue weighted by molar-refractivity contribution is -0.141. The summed E-state index contributed by atoms with van der Waals surface area (Å²) in [7, 11) is 0. The van der Waals surface area contributed by atoms with Crippen molar-refractivity contribution in [3.05, 3.63) is 35.4 Å². The van der Waals surface area contributed by atoms with Crippen molar-refractivity contribution in [2.45, 2.75) is 45.1 Å². The molecule has 1 amide bonds. The van der Waals surface area contributed by atoms with E-state index < -0.39 is 5.97 Å². The molecule has 0 aromatic heterocycles. The minimum Gasteiger partial charge on any atom is -0.481 e. The van der Waals surface area contributed by atoms with Crippen LogP contribution in [-0.2, 0) is 9.59 Å². The second-order valence-corrected chi connectivity index (χ2v) is 6.65. The maximum Gasteiger partial charge on any atom is 0.306 e. The van der Waals surface area contributed by atoms with Crippen molar-refractivity contribution >= 4 is 11.9 Å². The molecule has 3 atom stereocenters. The van der Waals surface area contributed by atoms with Gasteiger partial charge in [-0.15, -0.1) is 0 Å². The smallest absolute Gasteiger partial charge is 0.306 e. The summed E-state index contributed by atoms with van der Waals surface area (Å²) in [5.74, 6) is -1.04. The third-order valence-corrected chi connectivity index (χ3v) is 5.09. The Morgan fingerprint density at radius 2 is 1.95 bits per heavy atom. The van der Waals surface area contributed by atoms with Crippen molar-refractivity contribution in [1.82, 2.24) is 4.90 Å². The van der Waals surface area contributed by atoms with Gasteiger partial charge in [-0.05, 0) is 44.6 Å². The molecule has 3 rings (SSSR count). The minimum absolute atomic E-state index is 0.105. The van der Waals surface area contributed by atoms with Crippen LogP contribution in [0.2, 0.25) is 0 Å². The molecule has 1 aliphatic carbocycles. The van der Waals surface area contributed by atoms with Gasteiger partial charge in [-0.25, -0.2) is 0 Å². The molecule has 1 N–H and O–H groups in total. The third-order valence-electron chi connectivity index (χ3n) is 5.09. The molecular weight excluding hydrogens is 278 g/mol. The topological polar surface area (TPSA) is 57.6 Å². The van der Waals surface area contributed by atoms with E-state index in [1.165, 1.54) is 11.1 Å². The van der Waals surface area contributed by atoms with Gasteiger partial charge < -0.3 is 10.0 Å². The molecule has 1 aromatic rings. The molecule has 1 aliphatic heterocycles. The van der Waals surface area contributed by atoms with E-state index in [1.807, 2.05) is 11.0 Å². The van der Waals surface area contributed by atoms with E-state index in [1.54, 1.807) is 0 Å². The molecule has 0 bridgehead atoms. The summed E-state index contributed by atoms with van der Waals surface area (Å²) < 4.78 is 0. The Kier molecular flexibility index (Phi) is 4.19. The van der Waals surface area contributed by atoms with Crippen molar-refractivity contribution in [2.75, 3.05) is 6.54 Å². The molecule has 118 valence electrons. The van der Waals surface area contributed by atoms with E-state index in [0.29, 0.717) is 19.3 Å². The van der Waals surface area contributed by atoms with Crippen LogP contribution < -0.4 is 0 Å². The number of rotatable bonds is 3. The second kappa shape index (κ2) is 6.11. The predicted molar refractivity (Wildman–Crippen MR) is 83.3 cm³/mol. The summed E-state index contributed by atoms with van der Waals surface area (Å²) >= 11 is 0. The number of amides is 1. The number of carboxylic acids is 1. The van der Waals surface area contributed by atoms with Gasteiger partial charge in [0.15, 0.2) is 0 Å². The number of aryl methyl sites for hydroxylation is 1. The normalized spacial score (nSPS) is 28.0. The Labute approximate surface area is 131 Å². The predicted octanol–water partition coefficient (Wildman–Crippen LogP) is 3.16. The fourth-order valence-electron chi connectivity index (χ4n) is 3.92. The number of carbonyl (C=O) groups is 2. The number of hydrogen-bond acceptors (Lipinski definition) is 2. The monoisotopic (exact) mass is 301 g/mol. The van der Waals surface area contributed by atoms with Gasteiger partial charge in [-0.3, -0.25) is 9.59 Å². The summed E-state index contributed by atoms with van der Waals surface area (Å²) in [5.41, 5.74) is 2.42. The molecule has 2 fully saturated rings. The van der Waals surface area contributed by atoms with Gasteiger partial charge in [0.1, 0.15) is 0 Å². The molecule has 0 spiro atoms. The van der Waals surface area contributed by atoms with E-state index in [9.17, 15) is 9.59 Å². The average Bonchev–Trinajstić information content (AvgIpc) is 3.16. The largest absolute Gasteiger partial charge is 0.481 e. The van der Waals surface area contributed by atoms with Crippen molar-refractivity contribution in [2.24, 2.45) is 11.8 Å². The summed E-state index contributed by atoms with van der Waals surface area (Å²) in [4.78, 5) is 25.9. The SMILES string of the molecule is Cc1cccc(C2CCCN2C(=O)[C@@H]2CC[C@H](C(=O)O)C2)c1. The van der Waals surface area contributed by atoms with Crippen molar-refractivity contribution in [3.63, 3.8) is 0 Å². The van der Waals surface area contributed by atoms with Crippen molar-refractivity contribution in [3.8, 4) is 0 Å². The number of carboxylic acid groups (broad SMARTS) is 1. The van der Waals surface area contributed by atoms with Crippen molar-refractivity contribution in [1.29, 1.82) is 0 Å². The van der Waals surface area contributed by atoms with Gasteiger partial charge in [-0.1, -0.05) is 29.8 Å². The van der Waals surface area contributed by atoms with Crippen LogP contribution in [0.3, 0.4) is 0 Å². The highest BCUT2D eigenvalue weighted by molar-refractivity contribution is 5.81. The van der Waals surface area contributed by atoms with Crippen LogP contribution in [0.15, 0.2) is 24.3 Å². The first-order valence-corrected chi connectivity index (χ1v) is 8.16. The van der Waals surface area contributed by atoms with Crippen LogP contribution in [0, 0.1) is 18.8 Å². The van der Waals surface area contributed by atoms with Gasteiger partial charge in [0, 0.05) is 12.5 Å². The Bertz CT molecular complexity index is 583. The van der Waals surface area contributed by atoms with Crippen LogP contribution in [0.25, 0.3) is 0 Å². The zero-order valence-corrected chi connectivity index (χ0v) is 13.0. The van der Waals surface area contributed by atoms with Crippen molar-refractivity contribution < 1.29 is 14.7 Å². The Balaban J connectivity index is 1.73. The summed E-state index contributed by atoms with van der Waals surface area (Å²) in [5, 5.41) is 9.11. The molecule has 1 saturated heterocycles. The van der Waals surface area contributed by atoms with E-state index in [2.05, 4.69) is 25.1 Å². The van der Waals surface area contributed by atoms with E-state index in [0.717, 1.165) is 19.4 Å². The highest BCUT2D eigenvalue weighted by Crippen LogP contribution is 2.38. The number of aliphatic carboxylic acids is 1. The first-order chi connectivity index (χ1) is 10.6. The molecule has 1 saturated carbocycles. The Hall–Kier alpha value is -1.84. The lowest BCUT2D eigenvalue weighted by Gasteiger charge is -2.28. The van der Waals surface area contributed by atoms with E-state index in [4.69, 9.17) is 5.11 Å². The lowest BCUT2D eigenvalue weighted by atomic mass is 9.99. The number of carbonyl (C=O) groups excluding carboxylic acids is 1. The Morgan fingerprint density at radius 3 is 2.64 bits per heavy atom. The Morgan fingerprint density at radius 1 is 1.18 bits per heavy atom. The number of nitrogens with zero attached hydrogens (tertiary/aromatic N) is 1. The molecule has 4 heteroatoms. The van der Waals surface area contributed by atoms with E-state index >= 15 is 0 Å². The first-order valence-electron chi connectivity index (χ1n) is 8.16. The first kappa shape index (κ1) is 15.1. The minimum atomic E-state index is -0.757. The maximum atomic E-state index is 12.8. The van der Waals surface area contributed by atoms with Crippen LogP contribution in [-0.4, -0.2) is 28.4 Å². The molecule has 22 heavy (non-hydrogen) atoms. The van der Waals surface area contributed by atoms with Gasteiger partial charge in [0.2, 0.25) is 5.91 Å². The van der Waals surface area contributed by atoms with Gasteiger partial charge in [0.05, 0.1) is 12.0 Å². The van der Waals surface area contributed by atoms with Gasteiger partial charge in [0.25, 0.3) is 0 Å². The van der Waals surface area contributed by atoms with E-state index in [-0.39, 0.29) is 23.8 Å². The molecule has 1 aromatic carbocycles. The number of hydrogen-bond donors (Lipinski definition) is 1. The highest BCUT2D eigenvalue weighted by atomic mass is 16.4. The summed E-state index contributed by atoms with van der Waals surface area (Å²) in [6, 6.07) is 8.53. The maximum absolute atomic E-state index is 12.8. The second-order valence-electron chi connectivity index (χ2n) is 6.65. The zero-order valence-electron chi connectivity index (χ0n) is 13.0. The van der Waals surface area contributed by atoms with Crippen LogP contribution in [0.4, 0.5) is 0 Å². The van der Waals surface area contributed by atoms with Crippen LogP contribution in [0.5, 0.6) is 0 Å². The standard InChI is InChI=1S/C18H23NO3/c1-12-4-2-5-13(10-12)16-6-3-9-19(16)17(20)14-7-8-15(11-14)18(21)22/h2,4-5,10,14-16H,3,6-9,11H2,1H3,(H,21,22)/t14-,15+,16?/m1/s1. The lowest BCUT2D eigenvalue weighted by Crippen LogP contribution is -2.35. The van der Waals surface area contributed by atoms with Gasteiger partial charge in [-0.2, -0.15) is 0 Å². The molecule has 0 radical (unpaired) electrons. The van der Waals surface area contributed by atoms with Crippen LogP contribution >= 0.6 is 0 Å². The fraction of sp³-hybridized carbons (Fsp3) is 0.556. The molecule has 2 aliphatic rings. The highest BCUT2D eigenvalue weighted by Gasteiger charge is 2.39. The molecule has 4 nitrogen and oxygen atoms in total. The number of benzene rings is 1. The molecular formula is C18H23NO3. The summed E-state index contributed by atoms with van der Waals surface area (Å²) in [6.07, 6.45) is 3.89. The molecule has 1 unspecified atom stereocenters. The third kappa shape index (κ3) is 2.87. The number of likely N-dealkylation sites (tertiary alicyclic amines) is 1. The average molecular weight is 301 g/mol. The fourth-order valence-corrected chi connectivity index (χ4v) is 3.92. The summed E-state index contributed by atoms with van der Waals surface area (Å²) in [6.45, 7) is 2.87. The van der Waals surface area contributed by atoms with Gasteiger partial charge >= 0.3 is 5.97 Å². The van der Waals surface area contributed by atoms with Crippen LogP contribution in [0.1, 0.15) is 49.3 Å². The zero-order chi connectivity index (χ0) is 15.7. The molecule has 1 heterocycles. The quantitative estimate of drug-likeness (QED) is 0.933.